The van der Waals surface area contributed by atoms with Gasteiger partial charge in [0.2, 0.25) is 0 Å². The number of rotatable bonds is 5. The summed E-state index contributed by atoms with van der Waals surface area (Å²) < 4.78 is 13.0. The SMILES string of the molecule is CN(CCCN)Cc1ccc(O)c(F)c1. The first kappa shape index (κ1) is 11.9. The van der Waals surface area contributed by atoms with Gasteiger partial charge >= 0.3 is 0 Å². The molecule has 84 valence electrons. The topological polar surface area (TPSA) is 49.5 Å². The van der Waals surface area contributed by atoms with E-state index in [0.29, 0.717) is 13.1 Å². The van der Waals surface area contributed by atoms with E-state index in [0.717, 1.165) is 18.5 Å². The maximum absolute atomic E-state index is 13.0. The molecule has 0 aliphatic heterocycles. The van der Waals surface area contributed by atoms with Crippen LogP contribution < -0.4 is 5.73 Å². The molecule has 0 heterocycles. The Morgan fingerprint density at radius 1 is 1.47 bits per heavy atom. The predicted molar refractivity (Wildman–Crippen MR) is 58.1 cm³/mol. The van der Waals surface area contributed by atoms with Gasteiger partial charge in [-0.3, -0.25) is 0 Å². The zero-order valence-electron chi connectivity index (χ0n) is 8.91. The Morgan fingerprint density at radius 3 is 2.80 bits per heavy atom. The van der Waals surface area contributed by atoms with Gasteiger partial charge in [-0.05, 0) is 44.3 Å². The summed E-state index contributed by atoms with van der Waals surface area (Å²) in [5.41, 5.74) is 6.25. The molecule has 4 heteroatoms. The Balaban J connectivity index is 2.53. The molecule has 15 heavy (non-hydrogen) atoms. The maximum Gasteiger partial charge on any atom is 0.165 e. The molecule has 1 rings (SSSR count). The Hall–Kier alpha value is -1.13. The van der Waals surface area contributed by atoms with Crippen LogP contribution in [0.1, 0.15) is 12.0 Å². The summed E-state index contributed by atoms with van der Waals surface area (Å²) in [7, 11) is 1.96. The number of phenols is 1. The summed E-state index contributed by atoms with van der Waals surface area (Å²) in [4.78, 5) is 2.07. The third-order valence-electron chi connectivity index (χ3n) is 2.21. The third kappa shape index (κ3) is 3.85. The van der Waals surface area contributed by atoms with Crippen molar-refractivity contribution in [2.45, 2.75) is 13.0 Å². The second kappa shape index (κ2) is 5.68. The summed E-state index contributed by atoms with van der Waals surface area (Å²) in [6, 6.07) is 4.45. The molecule has 0 amide bonds. The summed E-state index contributed by atoms with van der Waals surface area (Å²) in [6.45, 7) is 2.21. The first-order valence-electron chi connectivity index (χ1n) is 4.99. The summed E-state index contributed by atoms with van der Waals surface area (Å²) >= 11 is 0. The number of aromatic hydroxyl groups is 1. The van der Waals surface area contributed by atoms with Crippen molar-refractivity contribution in [3.8, 4) is 5.75 Å². The van der Waals surface area contributed by atoms with Crippen LogP contribution in [0.4, 0.5) is 4.39 Å². The van der Waals surface area contributed by atoms with Gasteiger partial charge in [0.05, 0.1) is 0 Å². The first-order valence-corrected chi connectivity index (χ1v) is 4.99. The second-order valence-corrected chi connectivity index (χ2v) is 3.67. The van der Waals surface area contributed by atoms with E-state index in [1.165, 1.54) is 12.1 Å². The number of halogens is 1. The van der Waals surface area contributed by atoms with Crippen LogP contribution >= 0.6 is 0 Å². The lowest BCUT2D eigenvalue weighted by atomic mass is 10.2. The van der Waals surface area contributed by atoms with Gasteiger partial charge in [0.1, 0.15) is 0 Å². The highest BCUT2D eigenvalue weighted by atomic mass is 19.1. The van der Waals surface area contributed by atoms with Crippen LogP contribution in [-0.4, -0.2) is 30.1 Å². The average molecular weight is 212 g/mol. The van der Waals surface area contributed by atoms with E-state index < -0.39 is 5.82 Å². The highest BCUT2D eigenvalue weighted by Gasteiger charge is 2.04. The van der Waals surface area contributed by atoms with Crippen molar-refractivity contribution in [1.29, 1.82) is 0 Å². The third-order valence-corrected chi connectivity index (χ3v) is 2.21. The molecule has 0 aliphatic rings. The van der Waals surface area contributed by atoms with Crippen molar-refractivity contribution in [3.05, 3.63) is 29.6 Å². The molecule has 0 saturated carbocycles. The normalized spacial score (nSPS) is 10.9. The van der Waals surface area contributed by atoms with Crippen LogP contribution in [0.15, 0.2) is 18.2 Å². The Bertz CT molecular complexity index is 317. The van der Waals surface area contributed by atoms with E-state index in [9.17, 15) is 4.39 Å². The van der Waals surface area contributed by atoms with Gasteiger partial charge in [0, 0.05) is 6.54 Å². The number of nitrogens with two attached hydrogens (primary N) is 1. The minimum atomic E-state index is -0.570. The molecule has 0 fully saturated rings. The van der Waals surface area contributed by atoms with Gasteiger partial charge in [-0.1, -0.05) is 6.07 Å². The molecule has 0 radical (unpaired) electrons. The Kier molecular flexibility index (Phi) is 4.52. The predicted octanol–water partition coefficient (Wildman–Crippen LogP) is 1.31. The fourth-order valence-corrected chi connectivity index (χ4v) is 1.40. The quantitative estimate of drug-likeness (QED) is 0.773. The molecule has 1 aromatic rings. The average Bonchev–Trinajstić information content (AvgIpc) is 2.20. The van der Waals surface area contributed by atoms with E-state index in [1.807, 2.05) is 7.05 Å². The minimum Gasteiger partial charge on any atom is -0.505 e. The molecular formula is C11H17FN2O. The van der Waals surface area contributed by atoms with Gasteiger partial charge in [0.25, 0.3) is 0 Å². The van der Waals surface area contributed by atoms with Gasteiger partial charge in [0.15, 0.2) is 11.6 Å². The Morgan fingerprint density at radius 2 is 2.20 bits per heavy atom. The molecule has 0 atom stereocenters. The molecule has 0 aromatic heterocycles. The summed E-state index contributed by atoms with van der Waals surface area (Å²) in [5.74, 6) is -0.872. The number of phenolic OH excluding ortho intramolecular Hbond substituents is 1. The number of hydrogen-bond donors (Lipinski definition) is 2. The molecule has 0 unspecified atom stereocenters. The first-order chi connectivity index (χ1) is 7.13. The fourth-order valence-electron chi connectivity index (χ4n) is 1.40. The molecule has 0 bridgehead atoms. The number of nitrogens with zero attached hydrogens (tertiary/aromatic N) is 1. The molecular weight excluding hydrogens is 195 g/mol. The molecule has 1 aromatic carbocycles. The molecule has 0 saturated heterocycles. The van der Waals surface area contributed by atoms with Crippen LogP contribution in [0, 0.1) is 5.82 Å². The lowest BCUT2D eigenvalue weighted by molar-refractivity contribution is 0.323. The van der Waals surface area contributed by atoms with Gasteiger partial charge < -0.3 is 15.7 Å². The highest BCUT2D eigenvalue weighted by molar-refractivity contribution is 5.27. The van der Waals surface area contributed by atoms with E-state index in [2.05, 4.69) is 4.90 Å². The van der Waals surface area contributed by atoms with Gasteiger partial charge in [-0.2, -0.15) is 0 Å². The minimum absolute atomic E-state index is 0.302. The van der Waals surface area contributed by atoms with Crippen molar-refractivity contribution in [2.75, 3.05) is 20.1 Å². The number of benzene rings is 1. The van der Waals surface area contributed by atoms with Crippen molar-refractivity contribution in [1.82, 2.24) is 4.90 Å². The van der Waals surface area contributed by atoms with E-state index in [-0.39, 0.29) is 5.75 Å². The Labute approximate surface area is 89.3 Å². The summed E-state index contributed by atoms with van der Waals surface area (Å²) in [6.07, 6.45) is 0.928. The maximum atomic E-state index is 13.0. The molecule has 3 nitrogen and oxygen atoms in total. The van der Waals surface area contributed by atoms with Crippen LogP contribution in [0.5, 0.6) is 5.75 Å². The largest absolute Gasteiger partial charge is 0.505 e. The molecule has 0 aliphatic carbocycles. The molecule has 0 spiro atoms. The van der Waals surface area contributed by atoms with E-state index in [1.54, 1.807) is 6.07 Å². The van der Waals surface area contributed by atoms with Crippen molar-refractivity contribution in [3.63, 3.8) is 0 Å². The van der Waals surface area contributed by atoms with Gasteiger partial charge in [-0.15, -0.1) is 0 Å². The fraction of sp³-hybridized carbons (Fsp3) is 0.455. The zero-order chi connectivity index (χ0) is 11.3. The highest BCUT2D eigenvalue weighted by Crippen LogP contribution is 2.16. The zero-order valence-corrected chi connectivity index (χ0v) is 8.91. The van der Waals surface area contributed by atoms with E-state index >= 15 is 0 Å². The van der Waals surface area contributed by atoms with Crippen molar-refractivity contribution < 1.29 is 9.50 Å². The molecule has 3 N–H and O–H groups in total. The standard InChI is InChI=1S/C11H17FN2O/c1-14(6-2-5-13)8-9-3-4-11(15)10(12)7-9/h3-4,7,15H,2,5-6,8,13H2,1H3. The smallest absolute Gasteiger partial charge is 0.165 e. The van der Waals surface area contributed by atoms with E-state index in [4.69, 9.17) is 10.8 Å². The summed E-state index contributed by atoms with van der Waals surface area (Å²) in [5, 5.41) is 9.01. The van der Waals surface area contributed by atoms with Crippen molar-refractivity contribution in [2.24, 2.45) is 5.73 Å². The lowest BCUT2D eigenvalue weighted by Crippen LogP contribution is -2.21. The van der Waals surface area contributed by atoms with Crippen LogP contribution in [0.25, 0.3) is 0 Å². The monoisotopic (exact) mass is 212 g/mol. The van der Waals surface area contributed by atoms with Gasteiger partial charge in [-0.25, -0.2) is 4.39 Å². The number of hydrogen-bond acceptors (Lipinski definition) is 3. The van der Waals surface area contributed by atoms with Crippen molar-refractivity contribution >= 4 is 0 Å². The second-order valence-electron chi connectivity index (χ2n) is 3.67. The van der Waals surface area contributed by atoms with Crippen LogP contribution in [0.3, 0.4) is 0 Å². The van der Waals surface area contributed by atoms with Crippen LogP contribution in [-0.2, 0) is 6.54 Å². The van der Waals surface area contributed by atoms with Crippen LogP contribution in [0.2, 0.25) is 0 Å². The lowest BCUT2D eigenvalue weighted by Gasteiger charge is -2.16.